The molecule has 106 valence electrons. The summed E-state index contributed by atoms with van der Waals surface area (Å²) >= 11 is 6.03. The van der Waals surface area contributed by atoms with Crippen molar-refractivity contribution in [1.29, 1.82) is 0 Å². The highest BCUT2D eigenvalue weighted by Gasteiger charge is 2.32. The Kier molecular flexibility index (Phi) is 4.71. The van der Waals surface area contributed by atoms with Crippen LogP contribution in [-0.2, 0) is 6.54 Å². The monoisotopic (exact) mass is 283 g/mol. The van der Waals surface area contributed by atoms with Gasteiger partial charge >= 0.3 is 0 Å². The zero-order valence-electron chi connectivity index (χ0n) is 11.7. The fourth-order valence-electron chi connectivity index (χ4n) is 2.91. The van der Waals surface area contributed by atoms with E-state index in [1.54, 1.807) is 7.11 Å². The zero-order chi connectivity index (χ0) is 13.9. The molecule has 1 aliphatic rings. The number of methoxy groups -OCH3 is 1. The Morgan fingerprint density at radius 3 is 2.68 bits per heavy atom. The topological polar surface area (TPSA) is 32.7 Å². The van der Waals surface area contributed by atoms with Crippen LogP contribution in [0.1, 0.15) is 31.2 Å². The molecule has 1 saturated carbocycles. The van der Waals surface area contributed by atoms with Crippen LogP contribution < -0.4 is 4.74 Å². The number of halogens is 1. The summed E-state index contributed by atoms with van der Waals surface area (Å²) < 4.78 is 5.35. The number of rotatable bonds is 5. The van der Waals surface area contributed by atoms with E-state index in [0.29, 0.717) is 11.6 Å². The second-order valence-corrected chi connectivity index (χ2v) is 6.00. The van der Waals surface area contributed by atoms with Crippen molar-refractivity contribution >= 4 is 11.6 Å². The minimum absolute atomic E-state index is 0.513. The molecule has 4 heteroatoms. The fourth-order valence-corrected chi connectivity index (χ4v) is 3.11. The van der Waals surface area contributed by atoms with Gasteiger partial charge in [0.1, 0.15) is 5.75 Å². The molecule has 0 atom stereocenters. The van der Waals surface area contributed by atoms with E-state index >= 15 is 0 Å². The molecule has 19 heavy (non-hydrogen) atoms. The summed E-state index contributed by atoms with van der Waals surface area (Å²) in [5.74, 6) is 0.842. The maximum Gasteiger partial charge on any atom is 0.123 e. The van der Waals surface area contributed by atoms with Gasteiger partial charge in [-0.1, -0.05) is 24.4 Å². The van der Waals surface area contributed by atoms with Crippen molar-refractivity contribution in [3.63, 3.8) is 0 Å². The van der Waals surface area contributed by atoms with Crippen LogP contribution in [0.4, 0.5) is 0 Å². The van der Waals surface area contributed by atoms with E-state index in [-0.39, 0.29) is 0 Å². The minimum atomic E-state index is -0.513. The molecule has 1 aliphatic carbocycles. The number of benzene rings is 1. The van der Waals surface area contributed by atoms with Crippen LogP contribution in [0, 0.1) is 0 Å². The van der Waals surface area contributed by atoms with Crippen LogP contribution in [0.15, 0.2) is 18.2 Å². The molecule has 1 N–H and O–H groups in total. The van der Waals surface area contributed by atoms with Gasteiger partial charge in [0.05, 0.1) is 12.7 Å². The first kappa shape index (κ1) is 14.6. The van der Waals surface area contributed by atoms with Gasteiger partial charge in [-0.05, 0) is 38.1 Å². The van der Waals surface area contributed by atoms with Crippen molar-refractivity contribution < 1.29 is 9.84 Å². The third-order valence-electron chi connectivity index (χ3n) is 3.78. The summed E-state index contributed by atoms with van der Waals surface area (Å²) in [4.78, 5) is 2.14. The minimum Gasteiger partial charge on any atom is -0.496 e. The lowest BCUT2D eigenvalue weighted by Crippen LogP contribution is -2.38. The van der Waals surface area contributed by atoms with Crippen molar-refractivity contribution in [3.8, 4) is 5.75 Å². The molecule has 0 unspecified atom stereocenters. The average molecular weight is 284 g/mol. The number of hydrogen-bond acceptors (Lipinski definition) is 3. The summed E-state index contributed by atoms with van der Waals surface area (Å²) in [7, 11) is 3.69. The third-order valence-corrected chi connectivity index (χ3v) is 4.02. The van der Waals surface area contributed by atoms with Crippen molar-refractivity contribution in [3.05, 3.63) is 28.8 Å². The van der Waals surface area contributed by atoms with Gasteiger partial charge in [-0.2, -0.15) is 0 Å². The maximum atomic E-state index is 10.4. The quantitative estimate of drug-likeness (QED) is 0.901. The van der Waals surface area contributed by atoms with Gasteiger partial charge < -0.3 is 9.84 Å². The average Bonchev–Trinajstić information content (AvgIpc) is 2.75. The second-order valence-electron chi connectivity index (χ2n) is 5.56. The van der Waals surface area contributed by atoms with Gasteiger partial charge in [0.15, 0.2) is 0 Å². The van der Waals surface area contributed by atoms with E-state index in [0.717, 1.165) is 43.5 Å². The molecule has 1 aromatic carbocycles. The Hall–Kier alpha value is -0.770. The largest absolute Gasteiger partial charge is 0.496 e. The molecule has 0 amide bonds. The number of likely N-dealkylation sites (N-methyl/N-ethyl adjacent to an activating group) is 1. The highest BCUT2D eigenvalue weighted by atomic mass is 35.5. The summed E-state index contributed by atoms with van der Waals surface area (Å²) in [5.41, 5.74) is 0.541. The molecule has 0 aliphatic heterocycles. The van der Waals surface area contributed by atoms with Crippen molar-refractivity contribution in [2.24, 2.45) is 0 Å². The molecule has 0 saturated heterocycles. The first-order valence-corrected chi connectivity index (χ1v) is 7.13. The first-order chi connectivity index (χ1) is 9.02. The Balaban J connectivity index is 2.02. The molecule has 0 radical (unpaired) electrons. The summed E-state index contributed by atoms with van der Waals surface area (Å²) in [5, 5.41) is 11.1. The fraction of sp³-hybridized carbons (Fsp3) is 0.600. The number of aliphatic hydroxyl groups is 1. The van der Waals surface area contributed by atoms with Gasteiger partial charge in [-0.3, -0.25) is 4.90 Å². The van der Waals surface area contributed by atoms with Crippen LogP contribution >= 0.6 is 11.6 Å². The standard InChI is InChI=1S/C15H22ClNO2/c1-17(11-15(18)7-3-4-8-15)10-12-9-13(16)5-6-14(12)19-2/h5-6,9,18H,3-4,7-8,10-11H2,1-2H3. The van der Waals surface area contributed by atoms with Crippen molar-refractivity contribution in [1.82, 2.24) is 4.90 Å². The lowest BCUT2D eigenvalue weighted by molar-refractivity contribution is 0.0144. The maximum absolute atomic E-state index is 10.4. The Bertz CT molecular complexity index is 430. The molecular formula is C15H22ClNO2. The van der Waals surface area contributed by atoms with Gasteiger partial charge in [-0.25, -0.2) is 0 Å². The highest BCUT2D eigenvalue weighted by molar-refractivity contribution is 6.30. The number of nitrogens with zero attached hydrogens (tertiary/aromatic N) is 1. The van der Waals surface area contributed by atoms with Gasteiger partial charge in [-0.15, -0.1) is 0 Å². The second kappa shape index (κ2) is 6.12. The predicted octanol–water partition coefficient (Wildman–Crippen LogP) is 3.09. The molecule has 2 rings (SSSR count). The van der Waals surface area contributed by atoms with Crippen LogP contribution in [0.3, 0.4) is 0 Å². The first-order valence-electron chi connectivity index (χ1n) is 6.76. The van der Waals surface area contributed by atoms with Crippen LogP contribution in [0.25, 0.3) is 0 Å². The SMILES string of the molecule is COc1ccc(Cl)cc1CN(C)CC1(O)CCCC1. The van der Waals surface area contributed by atoms with Crippen LogP contribution in [-0.4, -0.2) is 36.3 Å². The van der Waals surface area contributed by atoms with Crippen molar-refractivity contribution in [2.45, 2.75) is 37.8 Å². The predicted molar refractivity (Wildman–Crippen MR) is 77.8 cm³/mol. The Labute approximate surface area is 120 Å². The lowest BCUT2D eigenvalue weighted by Gasteiger charge is -2.29. The molecule has 1 aromatic rings. The van der Waals surface area contributed by atoms with Gasteiger partial charge in [0.2, 0.25) is 0 Å². The van der Waals surface area contributed by atoms with Gasteiger partial charge in [0, 0.05) is 23.7 Å². The normalized spacial score (nSPS) is 17.9. The van der Waals surface area contributed by atoms with E-state index in [1.165, 1.54) is 0 Å². The summed E-state index contributed by atoms with van der Waals surface area (Å²) in [6.45, 7) is 1.43. The molecule has 0 bridgehead atoms. The molecule has 3 nitrogen and oxygen atoms in total. The number of ether oxygens (including phenoxy) is 1. The molecule has 0 spiro atoms. The molecule has 1 fully saturated rings. The lowest BCUT2D eigenvalue weighted by atomic mass is 10.0. The zero-order valence-corrected chi connectivity index (χ0v) is 12.4. The van der Waals surface area contributed by atoms with E-state index in [2.05, 4.69) is 4.90 Å². The van der Waals surface area contributed by atoms with E-state index in [9.17, 15) is 5.11 Å². The van der Waals surface area contributed by atoms with E-state index < -0.39 is 5.60 Å². The Morgan fingerprint density at radius 2 is 2.05 bits per heavy atom. The molecular weight excluding hydrogens is 262 g/mol. The molecule has 0 heterocycles. The Morgan fingerprint density at radius 1 is 1.37 bits per heavy atom. The van der Waals surface area contributed by atoms with Gasteiger partial charge in [0.25, 0.3) is 0 Å². The van der Waals surface area contributed by atoms with Crippen LogP contribution in [0.2, 0.25) is 5.02 Å². The third kappa shape index (κ3) is 3.85. The summed E-state index contributed by atoms with van der Waals surface area (Å²) in [6, 6.07) is 5.64. The highest BCUT2D eigenvalue weighted by Crippen LogP contribution is 2.31. The smallest absolute Gasteiger partial charge is 0.123 e. The van der Waals surface area contributed by atoms with E-state index in [4.69, 9.17) is 16.3 Å². The van der Waals surface area contributed by atoms with Crippen LogP contribution in [0.5, 0.6) is 5.75 Å². The van der Waals surface area contributed by atoms with Crippen molar-refractivity contribution in [2.75, 3.05) is 20.7 Å². The van der Waals surface area contributed by atoms with E-state index in [1.807, 2.05) is 25.2 Å². The summed E-state index contributed by atoms with van der Waals surface area (Å²) in [6.07, 6.45) is 4.07. The molecule has 0 aromatic heterocycles. The number of hydrogen-bond donors (Lipinski definition) is 1.